The van der Waals surface area contributed by atoms with Crippen LogP contribution in [0.15, 0.2) is 29.5 Å². The van der Waals surface area contributed by atoms with E-state index in [-0.39, 0.29) is 34.7 Å². The Kier molecular flexibility index (Phi) is 3.31. The first-order chi connectivity index (χ1) is 10.4. The third kappa shape index (κ3) is 2.20. The molecule has 0 aromatic heterocycles. The average Bonchev–Trinajstić information content (AvgIpc) is 2.89. The molecule has 1 aromatic carbocycles. The van der Waals surface area contributed by atoms with Crippen LogP contribution < -0.4 is 0 Å². The molecule has 1 aliphatic carbocycles. The molecule has 0 spiro atoms. The summed E-state index contributed by atoms with van der Waals surface area (Å²) in [5.74, 6) is -1.98. The summed E-state index contributed by atoms with van der Waals surface area (Å²) < 4.78 is 23.9. The van der Waals surface area contributed by atoms with Gasteiger partial charge in [-0.1, -0.05) is 0 Å². The van der Waals surface area contributed by atoms with E-state index in [1.807, 2.05) is 0 Å². The summed E-state index contributed by atoms with van der Waals surface area (Å²) in [5, 5.41) is 0. The highest BCUT2D eigenvalue weighted by Crippen LogP contribution is 2.37. The first-order valence-corrected chi connectivity index (χ1v) is 6.84. The van der Waals surface area contributed by atoms with Gasteiger partial charge in [0.15, 0.2) is 11.5 Å². The molecule has 0 bridgehead atoms. The van der Waals surface area contributed by atoms with Gasteiger partial charge < -0.3 is 9.47 Å². The molecule has 1 aromatic rings. The lowest BCUT2D eigenvalue weighted by molar-refractivity contribution is -0.150. The molecule has 1 aliphatic heterocycles. The molecule has 2 unspecified atom stereocenters. The Morgan fingerprint density at radius 2 is 2.05 bits per heavy atom. The van der Waals surface area contributed by atoms with Crippen molar-refractivity contribution in [1.29, 1.82) is 0 Å². The Bertz CT molecular complexity index is 734. The number of rotatable bonds is 2. The Hall–Kier alpha value is -2.50. The lowest BCUT2D eigenvalue weighted by atomic mass is 9.87. The number of ether oxygens (including phenoxy) is 2. The Balaban J connectivity index is 1.91. The average molecular weight is 304 g/mol. The molecule has 0 fully saturated rings. The summed E-state index contributed by atoms with van der Waals surface area (Å²) >= 11 is 0. The van der Waals surface area contributed by atoms with Gasteiger partial charge in [0.2, 0.25) is 5.78 Å². The summed E-state index contributed by atoms with van der Waals surface area (Å²) in [6.45, 7) is 2.90. The first-order valence-electron chi connectivity index (χ1n) is 6.84. The molecule has 0 radical (unpaired) electrons. The van der Waals surface area contributed by atoms with Gasteiger partial charge in [-0.2, -0.15) is 0 Å². The lowest BCUT2D eigenvalue weighted by Crippen LogP contribution is -2.28. The molecule has 0 saturated carbocycles. The van der Waals surface area contributed by atoms with Crippen LogP contribution in [0.3, 0.4) is 0 Å². The molecular weight excluding hydrogens is 291 g/mol. The highest BCUT2D eigenvalue weighted by molar-refractivity contribution is 6.26. The number of fused-ring (bicyclic) bond motifs is 1. The molecule has 2 atom stereocenters. The largest absolute Gasteiger partial charge is 0.482 e. The van der Waals surface area contributed by atoms with Gasteiger partial charge in [-0.25, -0.2) is 4.39 Å². The van der Waals surface area contributed by atoms with Crippen molar-refractivity contribution in [3.8, 4) is 0 Å². The summed E-state index contributed by atoms with van der Waals surface area (Å²) in [7, 11) is 0. The van der Waals surface area contributed by atoms with E-state index in [9.17, 15) is 18.8 Å². The number of carbonyl (C=O) groups excluding carboxylic acids is 3. The standard InChI is InChI=1S/C16H13FO5/c1-7(21-8(2)18)13-6-12-14(19)10-4-3-9(17)5-11(10)15(20)16(12)22-13/h3-5,7,13H,6H2,1-2H3. The molecule has 114 valence electrons. The van der Waals surface area contributed by atoms with Crippen molar-refractivity contribution in [1.82, 2.24) is 0 Å². The van der Waals surface area contributed by atoms with Crippen LogP contribution in [0.4, 0.5) is 4.39 Å². The maximum atomic E-state index is 13.3. The second-order valence-corrected chi connectivity index (χ2v) is 5.33. The second-order valence-electron chi connectivity index (χ2n) is 5.33. The zero-order valence-electron chi connectivity index (χ0n) is 12.0. The smallest absolute Gasteiger partial charge is 0.303 e. The van der Waals surface area contributed by atoms with Crippen LogP contribution in [0.25, 0.3) is 0 Å². The van der Waals surface area contributed by atoms with Gasteiger partial charge in [0.1, 0.15) is 18.0 Å². The topological polar surface area (TPSA) is 69.7 Å². The predicted octanol–water partition coefficient (Wildman–Crippen LogP) is 2.20. The number of allylic oxidation sites excluding steroid dienone is 1. The van der Waals surface area contributed by atoms with E-state index in [1.165, 1.54) is 13.0 Å². The van der Waals surface area contributed by atoms with Crippen molar-refractivity contribution in [3.63, 3.8) is 0 Å². The maximum absolute atomic E-state index is 13.3. The summed E-state index contributed by atoms with van der Waals surface area (Å²) in [6.07, 6.45) is -1.00. The Morgan fingerprint density at radius 1 is 1.32 bits per heavy atom. The van der Waals surface area contributed by atoms with Crippen LogP contribution in [0.1, 0.15) is 41.0 Å². The maximum Gasteiger partial charge on any atom is 0.303 e. The molecule has 0 saturated heterocycles. The fraction of sp³-hybridized carbons (Fsp3) is 0.312. The van der Waals surface area contributed by atoms with E-state index in [4.69, 9.17) is 9.47 Å². The predicted molar refractivity (Wildman–Crippen MR) is 72.8 cm³/mol. The fourth-order valence-corrected chi connectivity index (χ4v) is 2.73. The van der Waals surface area contributed by atoms with E-state index in [0.717, 1.165) is 12.1 Å². The van der Waals surface area contributed by atoms with E-state index < -0.39 is 29.8 Å². The van der Waals surface area contributed by atoms with Crippen molar-refractivity contribution in [2.45, 2.75) is 32.5 Å². The SMILES string of the molecule is CC(=O)OC(C)C1CC2=C(O1)C(=O)c1cc(F)ccc1C2=O. The zero-order chi connectivity index (χ0) is 16.0. The van der Waals surface area contributed by atoms with E-state index in [0.29, 0.717) is 0 Å². The number of hydrogen-bond donors (Lipinski definition) is 0. The molecular formula is C16H13FO5. The highest BCUT2D eigenvalue weighted by atomic mass is 19.1. The normalized spacial score (nSPS) is 21.1. The third-order valence-electron chi connectivity index (χ3n) is 3.78. The minimum absolute atomic E-state index is 0.00420. The molecule has 22 heavy (non-hydrogen) atoms. The Labute approximate surface area is 125 Å². The third-order valence-corrected chi connectivity index (χ3v) is 3.78. The summed E-state index contributed by atoms with van der Waals surface area (Å²) in [5.41, 5.74) is 0.437. The van der Waals surface area contributed by atoms with Gasteiger partial charge in [-0.3, -0.25) is 14.4 Å². The molecule has 0 N–H and O–H groups in total. The van der Waals surface area contributed by atoms with Crippen LogP contribution in [0, 0.1) is 5.82 Å². The molecule has 3 rings (SSSR count). The molecule has 6 heteroatoms. The van der Waals surface area contributed by atoms with Crippen molar-refractivity contribution in [2.75, 3.05) is 0 Å². The van der Waals surface area contributed by atoms with E-state index >= 15 is 0 Å². The van der Waals surface area contributed by atoms with Crippen LogP contribution in [0.2, 0.25) is 0 Å². The van der Waals surface area contributed by atoms with Crippen LogP contribution in [0.5, 0.6) is 0 Å². The van der Waals surface area contributed by atoms with Gasteiger partial charge in [-0.15, -0.1) is 0 Å². The first kappa shape index (κ1) is 14.4. The monoisotopic (exact) mass is 304 g/mol. The minimum atomic E-state index is -0.596. The fourth-order valence-electron chi connectivity index (χ4n) is 2.73. The number of carbonyl (C=O) groups is 3. The number of halogens is 1. The molecule has 1 heterocycles. The van der Waals surface area contributed by atoms with Gasteiger partial charge in [0, 0.05) is 24.5 Å². The van der Waals surface area contributed by atoms with Gasteiger partial charge in [0.25, 0.3) is 0 Å². The number of ketones is 2. The highest BCUT2D eigenvalue weighted by Gasteiger charge is 2.42. The zero-order valence-corrected chi connectivity index (χ0v) is 12.0. The number of benzene rings is 1. The van der Waals surface area contributed by atoms with Gasteiger partial charge in [-0.05, 0) is 25.1 Å². The van der Waals surface area contributed by atoms with Crippen molar-refractivity contribution >= 4 is 17.5 Å². The van der Waals surface area contributed by atoms with Crippen LogP contribution >= 0.6 is 0 Å². The Morgan fingerprint density at radius 3 is 2.73 bits per heavy atom. The van der Waals surface area contributed by atoms with Gasteiger partial charge >= 0.3 is 5.97 Å². The molecule has 2 aliphatic rings. The van der Waals surface area contributed by atoms with E-state index in [1.54, 1.807) is 6.92 Å². The van der Waals surface area contributed by atoms with Crippen molar-refractivity contribution in [3.05, 3.63) is 46.5 Å². The summed E-state index contributed by atoms with van der Waals surface area (Å²) in [4.78, 5) is 35.8. The van der Waals surface area contributed by atoms with Crippen molar-refractivity contribution < 1.29 is 28.2 Å². The minimum Gasteiger partial charge on any atom is -0.482 e. The van der Waals surface area contributed by atoms with Crippen molar-refractivity contribution in [2.24, 2.45) is 0 Å². The number of hydrogen-bond acceptors (Lipinski definition) is 5. The number of Topliss-reactive ketones (excluding diaryl/α,β-unsaturated/α-hetero) is 2. The quantitative estimate of drug-likeness (QED) is 0.783. The summed E-state index contributed by atoms with van der Waals surface area (Å²) in [6, 6.07) is 3.48. The van der Waals surface area contributed by atoms with E-state index in [2.05, 4.69) is 0 Å². The van der Waals surface area contributed by atoms with Gasteiger partial charge in [0.05, 0.1) is 5.57 Å². The van der Waals surface area contributed by atoms with Crippen LogP contribution in [-0.4, -0.2) is 29.7 Å². The number of esters is 1. The molecule has 5 nitrogen and oxygen atoms in total. The van der Waals surface area contributed by atoms with Crippen LogP contribution in [-0.2, 0) is 14.3 Å². The lowest BCUT2D eigenvalue weighted by Gasteiger charge is -2.19. The molecule has 0 amide bonds. The second kappa shape index (κ2) is 5.05.